The molecule has 1 saturated heterocycles. The van der Waals surface area contributed by atoms with Gasteiger partial charge in [0, 0.05) is 63.2 Å². The van der Waals surface area contributed by atoms with Crippen LogP contribution in [-0.2, 0) is 4.79 Å². The molecular weight excluding hydrogens is 204 g/mol. The molecule has 0 aromatic rings. The predicted molar refractivity (Wildman–Crippen MR) is 65.0 cm³/mol. The number of nitroso groups, excluding NO2 is 1. The lowest BCUT2D eigenvalue weighted by Crippen LogP contribution is -2.58. The van der Waals surface area contributed by atoms with Crippen LogP contribution in [0.4, 0.5) is 0 Å². The summed E-state index contributed by atoms with van der Waals surface area (Å²) in [5.41, 5.74) is -0.816. The number of carbonyl (C=O) groups excluding carboxylic acids is 1. The Hall–Kier alpha value is -0.930. The second kappa shape index (κ2) is 4.52. The summed E-state index contributed by atoms with van der Waals surface area (Å²) in [5, 5.41) is 2.91. The van der Waals surface area contributed by atoms with E-state index in [1.165, 1.54) is 6.92 Å². The van der Waals surface area contributed by atoms with Crippen LogP contribution in [-0.4, -0.2) is 27.8 Å². The summed E-state index contributed by atoms with van der Waals surface area (Å²) < 4.78 is 1.16. The first-order chi connectivity index (χ1) is 6.65. The van der Waals surface area contributed by atoms with Gasteiger partial charge in [-0.3, -0.25) is 4.79 Å². The summed E-state index contributed by atoms with van der Waals surface area (Å²) in [6.45, 7) is 9.22. The van der Waals surface area contributed by atoms with Crippen molar-refractivity contribution in [2.24, 2.45) is 0 Å². The fourth-order valence-electron chi connectivity index (χ4n) is 2.65. The molecule has 0 aromatic heterocycles. The van der Waals surface area contributed by atoms with E-state index in [4.69, 9.17) is 0 Å². The minimum atomic E-state index is -0.408. The van der Waals surface area contributed by atoms with Crippen LogP contribution in [0.5, 0.6) is 0 Å². The summed E-state index contributed by atoms with van der Waals surface area (Å²) in [4.78, 5) is 23.0. The number of rotatable bonds is 1. The van der Waals surface area contributed by atoms with Crippen molar-refractivity contribution in [3.63, 3.8) is 0 Å². The van der Waals surface area contributed by atoms with Gasteiger partial charge in [0.2, 0.25) is 17.0 Å². The van der Waals surface area contributed by atoms with Gasteiger partial charge in [-0.25, -0.2) is 0 Å². The highest BCUT2D eigenvalue weighted by atomic mass is 16.3. The molecule has 0 unspecified atom stereocenters. The van der Waals surface area contributed by atoms with Crippen LogP contribution < -0.4 is 5.32 Å². The van der Waals surface area contributed by atoms with Crippen LogP contribution in [0.15, 0.2) is 0 Å². The molecule has 4 nitrogen and oxygen atoms in total. The Kier molecular flexibility index (Phi) is 4.25. The molecule has 1 aliphatic heterocycles. The number of piperidine rings is 1. The van der Waals surface area contributed by atoms with Gasteiger partial charge >= 0.3 is 0 Å². The van der Waals surface area contributed by atoms with Crippen molar-refractivity contribution >= 4 is 5.91 Å². The van der Waals surface area contributed by atoms with Gasteiger partial charge < -0.3 is 12.7 Å². The van der Waals surface area contributed by atoms with Crippen molar-refractivity contribution in [3.8, 4) is 0 Å². The van der Waals surface area contributed by atoms with Crippen LogP contribution in [0.2, 0.25) is 0 Å². The monoisotopic (exact) mass is 228 g/mol. The molecule has 1 aliphatic rings. The number of nitrogens with one attached hydrogen (secondary N) is 1. The third-order valence-electron chi connectivity index (χ3n) is 3.00. The van der Waals surface area contributed by atoms with Crippen LogP contribution in [0.3, 0.4) is 0 Å². The van der Waals surface area contributed by atoms with Gasteiger partial charge in [0.1, 0.15) is 0 Å². The number of nitrogens with zero attached hydrogens (tertiary/aromatic N) is 1. The lowest BCUT2D eigenvalue weighted by atomic mass is 9.79. The zero-order valence-corrected chi connectivity index (χ0v) is 11.3. The molecule has 16 heavy (non-hydrogen) atoms. The summed E-state index contributed by atoms with van der Waals surface area (Å²) >= 11 is 0. The van der Waals surface area contributed by atoms with Gasteiger partial charge in [0.25, 0.3) is 0 Å². The third-order valence-corrected chi connectivity index (χ3v) is 3.00. The van der Waals surface area contributed by atoms with E-state index in [0.29, 0.717) is 12.8 Å². The summed E-state index contributed by atoms with van der Waals surface area (Å²) in [6, 6.07) is 0.109. The van der Waals surface area contributed by atoms with Crippen molar-refractivity contribution in [1.82, 2.24) is 5.32 Å². The Bertz CT molecular complexity index is 275. The van der Waals surface area contributed by atoms with Crippen LogP contribution in [0.1, 0.15) is 47.5 Å². The van der Waals surface area contributed by atoms with Gasteiger partial charge in [-0.2, -0.15) is 0 Å². The molecule has 94 valence electrons. The molecule has 1 amide bonds. The zero-order chi connectivity index (χ0) is 11.9. The van der Waals surface area contributed by atoms with Crippen molar-refractivity contribution in [3.05, 3.63) is 12.3 Å². The smallest absolute Gasteiger partial charge is 0.217 e. The maximum Gasteiger partial charge on any atom is 0.217 e. The van der Waals surface area contributed by atoms with Gasteiger partial charge in [0.15, 0.2) is 0 Å². The highest BCUT2D eigenvalue weighted by Crippen LogP contribution is 2.34. The highest BCUT2D eigenvalue weighted by molar-refractivity contribution is 5.73. The number of amides is 1. The molecule has 0 aromatic carbocycles. The van der Waals surface area contributed by atoms with Gasteiger partial charge in [-0.15, -0.1) is 0 Å². The van der Waals surface area contributed by atoms with Crippen LogP contribution in [0.25, 0.3) is 0 Å². The minimum Gasteiger partial charge on any atom is -0.358 e. The van der Waals surface area contributed by atoms with Crippen LogP contribution in [0, 0.1) is 12.3 Å². The Morgan fingerprint density at radius 3 is 1.88 bits per heavy atom. The summed E-state index contributed by atoms with van der Waals surface area (Å²) in [7, 11) is 0. The highest BCUT2D eigenvalue weighted by Gasteiger charge is 2.53. The molecule has 1 rings (SSSR count). The average molecular weight is 228 g/mol. The van der Waals surface area contributed by atoms with Gasteiger partial charge in [-0.1, -0.05) is 0 Å². The van der Waals surface area contributed by atoms with Gasteiger partial charge in [-0.05, 0) is 0 Å². The molecule has 0 bridgehead atoms. The van der Waals surface area contributed by atoms with E-state index in [-0.39, 0.29) is 19.4 Å². The molecule has 0 saturated carbocycles. The van der Waals surface area contributed by atoms with Crippen molar-refractivity contribution in [2.75, 3.05) is 0 Å². The number of hydrogen-bond acceptors (Lipinski definition) is 2. The first kappa shape index (κ1) is 15.1. The standard InChI is InChI=1S/C11H20N2O2.CH3/c1-8(14)12-9-6-10(2,3)13(15)11(4,5)7-9;/h9H,6-7H2,1-5H3;1H3/q;-1/p+1. The molecular formula is C12H24N2O2. The number of hydrogen-bond donors (Lipinski definition) is 1. The first-order valence-electron chi connectivity index (χ1n) is 5.40. The Balaban J connectivity index is 0.00000225. The lowest BCUT2D eigenvalue weighted by Gasteiger charge is -2.36. The maximum atomic E-state index is 12.0. The lowest BCUT2D eigenvalue weighted by molar-refractivity contribution is -0.693. The van der Waals surface area contributed by atoms with Crippen LogP contribution >= 0.6 is 0 Å². The largest absolute Gasteiger partial charge is 0.358 e. The summed E-state index contributed by atoms with van der Waals surface area (Å²) in [5.74, 6) is -0.0223. The Morgan fingerprint density at radius 1 is 1.19 bits per heavy atom. The van der Waals surface area contributed by atoms with E-state index < -0.39 is 11.1 Å². The maximum absolute atomic E-state index is 12.0. The molecule has 1 fully saturated rings. The minimum absolute atomic E-state index is 0. The fourth-order valence-corrected chi connectivity index (χ4v) is 2.65. The normalized spacial score (nSPS) is 23.4. The molecule has 1 N–H and O–H groups in total. The second-order valence-corrected chi connectivity index (χ2v) is 5.72. The molecule has 4 heteroatoms. The molecule has 0 aliphatic carbocycles. The zero-order valence-electron chi connectivity index (χ0n) is 11.3. The molecule has 0 radical (unpaired) electrons. The Labute approximate surface area is 98.4 Å². The molecule has 0 atom stereocenters. The quantitative estimate of drug-likeness (QED) is 0.551. The SMILES string of the molecule is CC(=O)NC1CC(C)(C)[N+](=O)C(C)(C)C1.[CH3-]. The topological polar surface area (TPSA) is 49.2 Å². The Morgan fingerprint density at radius 2 is 1.56 bits per heavy atom. The van der Waals surface area contributed by atoms with Crippen molar-refractivity contribution in [2.45, 2.75) is 64.6 Å². The van der Waals surface area contributed by atoms with Gasteiger partial charge in [0.05, 0.1) is 0 Å². The number of carbonyl (C=O) groups is 1. The second-order valence-electron chi connectivity index (χ2n) is 5.72. The first-order valence-corrected chi connectivity index (χ1v) is 5.40. The molecule has 0 spiro atoms. The fraction of sp³-hybridized carbons (Fsp3) is 0.833. The van der Waals surface area contributed by atoms with Crippen molar-refractivity contribution < 1.29 is 9.55 Å². The van der Waals surface area contributed by atoms with E-state index in [1.54, 1.807) is 0 Å². The van der Waals surface area contributed by atoms with Crippen molar-refractivity contribution in [1.29, 1.82) is 0 Å². The van der Waals surface area contributed by atoms with E-state index in [1.807, 2.05) is 27.7 Å². The summed E-state index contributed by atoms with van der Waals surface area (Å²) in [6.07, 6.45) is 1.42. The average Bonchev–Trinajstić information content (AvgIpc) is 1.97. The van der Waals surface area contributed by atoms with E-state index in [0.717, 1.165) is 4.76 Å². The van der Waals surface area contributed by atoms with E-state index in [9.17, 15) is 9.70 Å². The third kappa shape index (κ3) is 3.03. The van der Waals surface area contributed by atoms with E-state index >= 15 is 0 Å². The molecule has 1 heterocycles. The van der Waals surface area contributed by atoms with E-state index in [2.05, 4.69) is 5.32 Å². The predicted octanol–water partition coefficient (Wildman–Crippen LogP) is 2.07.